The Morgan fingerprint density at radius 3 is 2.58 bits per heavy atom. The molecule has 31 heavy (non-hydrogen) atoms. The second-order valence-corrected chi connectivity index (χ2v) is 7.94. The minimum Gasteiger partial charge on any atom is -0.493 e. The molecule has 7 heteroatoms. The fraction of sp³-hybridized carbons (Fsp3) is 0.458. The minimum atomic E-state index is -0.851. The minimum absolute atomic E-state index is 0.142. The topological polar surface area (TPSA) is 80.3 Å². The van der Waals surface area contributed by atoms with Crippen molar-refractivity contribution < 1.29 is 24.1 Å². The number of fused-ring (bicyclic) bond motifs is 1. The summed E-state index contributed by atoms with van der Waals surface area (Å²) >= 11 is 0. The number of aliphatic hydroxyl groups is 1. The van der Waals surface area contributed by atoms with Gasteiger partial charge in [0.05, 0.1) is 19.1 Å². The zero-order valence-corrected chi connectivity index (χ0v) is 17.7. The molecule has 2 atom stereocenters. The van der Waals surface area contributed by atoms with Crippen LogP contribution in [0.25, 0.3) is 0 Å². The Morgan fingerprint density at radius 2 is 1.81 bits per heavy atom. The van der Waals surface area contributed by atoms with E-state index in [9.17, 15) is 9.90 Å². The van der Waals surface area contributed by atoms with Crippen LogP contribution in [0.15, 0.2) is 48.5 Å². The highest BCUT2D eigenvalue weighted by atomic mass is 16.6. The van der Waals surface area contributed by atoms with Gasteiger partial charge < -0.3 is 29.5 Å². The van der Waals surface area contributed by atoms with E-state index in [0.29, 0.717) is 36.8 Å². The Bertz CT molecular complexity index is 854. The summed E-state index contributed by atoms with van der Waals surface area (Å²) in [5.74, 6) is 1.91. The molecule has 2 aromatic carbocycles. The first-order valence-electron chi connectivity index (χ1n) is 11.0. The van der Waals surface area contributed by atoms with E-state index in [4.69, 9.17) is 14.2 Å². The molecule has 0 aromatic heterocycles. The number of hydrogen-bond donors (Lipinski definition) is 2. The van der Waals surface area contributed by atoms with Gasteiger partial charge >= 0.3 is 0 Å². The summed E-state index contributed by atoms with van der Waals surface area (Å²) in [5.41, 5.74) is 0.703. The van der Waals surface area contributed by atoms with E-state index >= 15 is 0 Å². The lowest BCUT2D eigenvalue weighted by Crippen LogP contribution is -2.47. The Morgan fingerprint density at radius 1 is 1.06 bits per heavy atom. The fourth-order valence-electron chi connectivity index (χ4n) is 4.00. The largest absolute Gasteiger partial charge is 0.493 e. The summed E-state index contributed by atoms with van der Waals surface area (Å²) in [5, 5.41) is 14.2. The van der Waals surface area contributed by atoms with Crippen LogP contribution in [-0.4, -0.2) is 61.4 Å². The van der Waals surface area contributed by atoms with Gasteiger partial charge in [-0.3, -0.25) is 4.79 Å². The molecule has 0 aliphatic carbocycles. The number of para-hydroxylation sites is 1. The van der Waals surface area contributed by atoms with Gasteiger partial charge in [0, 0.05) is 6.54 Å². The van der Waals surface area contributed by atoms with Crippen molar-refractivity contribution in [2.24, 2.45) is 0 Å². The molecule has 2 aliphatic rings. The lowest BCUT2D eigenvalue weighted by Gasteiger charge is -2.29. The number of benzene rings is 2. The maximum atomic E-state index is 12.6. The molecule has 1 saturated heterocycles. The second-order valence-electron chi connectivity index (χ2n) is 7.94. The van der Waals surface area contributed by atoms with Crippen LogP contribution in [0, 0.1) is 0 Å². The predicted molar refractivity (Wildman–Crippen MR) is 117 cm³/mol. The van der Waals surface area contributed by atoms with Crippen LogP contribution in [0.3, 0.4) is 0 Å². The normalized spacial score (nSPS) is 17.7. The molecule has 0 saturated carbocycles. The van der Waals surface area contributed by atoms with Gasteiger partial charge in [0.1, 0.15) is 25.1 Å². The van der Waals surface area contributed by atoms with Crippen molar-refractivity contribution in [1.82, 2.24) is 10.2 Å². The predicted octanol–water partition coefficient (Wildman–Crippen LogP) is 2.54. The van der Waals surface area contributed by atoms with E-state index < -0.39 is 12.1 Å². The van der Waals surface area contributed by atoms with Crippen LogP contribution in [-0.2, 0) is 4.79 Å². The van der Waals surface area contributed by atoms with Crippen molar-refractivity contribution >= 4 is 5.91 Å². The number of aliphatic hydroxyl groups excluding tert-OH is 1. The standard InChI is InChI=1S/C24H30N2O5/c27-23(10-13-29-19-6-2-1-3-7-19)25-20(17-26-11-4-5-12-26)24(28)18-8-9-21-22(16-18)31-15-14-30-21/h1-3,6-9,16,20,24,28H,4-5,10-15,17H2,(H,25,27). The molecule has 2 aromatic rings. The summed E-state index contributed by atoms with van der Waals surface area (Å²) in [4.78, 5) is 14.9. The van der Waals surface area contributed by atoms with Crippen molar-refractivity contribution in [2.75, 3.05) is 39.5 Å². The molecule has 166 valence electrons. The maximum absolute atomic E-state index is 12.6. The van der Waals surface area contributed by atoms with Crippen LogP contribution < -0.4 is 19.5 Å². The number of nitrogens with zero attached hydrogens (tertiary/aromatic N) is 1. The molecule has 1 fully saturated rings. The van der Waals surface area contributed by atoms with E-state index in [-0.39, 0.29) is 18.9 Å². The highest BCUT2D eigenvalue weighted by Crippen LogP contribution is 2.33. The summed E-state index contributed by atoms with van der Waals surface area (Å²) < 4.78 is 16.9. The van der Waals surface area contributed by atoms with Crippen molar-refractivity contribution in [3.8, 4) is 17.2 Å². The maximum Gasteiger partial charge on any atom is 0.223 e. The van der Waals surface area contributed by atoms with Gasteiger partial charge in [-0.15, -0.1) is 0 Å². The fourth-order valence-corrected chi connectivity index (χ4v) is 4.00. The van der Waals surface area contributed by atoms with Gasteiger partial charge in [0.15, 0.2) is 11.5 Å². The number of nitrogens with one attached hydrogen (secondary N) is 1. The molecular formula is C24H30N2O5. The molecule has 0 radical (unpaired) electrons. The van der Waals surface area contributed by atoms with Crippen LogP contribution in [0.5, 0.6) is 17.2 Å². The van der Waals surface area contributed by atoms with Gasteiger partial charge in [-0.1, -0.05) is 24.3 Å². The summed E-state index contributed by atoms with van der Waals surface area (Å²) in [6.45, 7) is 3.86. The molecule has 4 rings (SSSR count). The van der Waals surface area contributed by atoms with Crippen molar-refractivity contribution in [3.05, 3.63) is 54.1 Å². The van der Waals surface area contributed by atoms with E-state index in [1.165, 1.54) is 0 Å². The average molecular weight is 427 g/mol. The van der Waals surface area contributed by atoms with E-state index in [0.717, 1.165) is 31.7 Å². The molecule has 2 heterocycles. The second kappa shape index (κ2) is 10.5. The molecule has 1 amide bonds. The van der Waals surface area contributed by atoms with Gasteiger partial charge in [-0.2, -0.15) is 0 Å². The van der Waals surface area contributed by atoms with E-state index in [1.807, 2.05) is 42.5 Å². The first kappa shape index (κ1) is 21.5. The van der Waals surface area contributed by atoms with Crippen molar-refractivity contribution in [2.45, 2.75) is 31.4 Å². The number of amides is 1. The SMILES string of the molecule is O=C(CCOc1ccccc1)NC(CN1CCCC1)C(O)c1ccc2c(c1)OCCO2. The highest BCUT2D eigenvalue weighted by molar-refractivity contribution is 5.76. The quantitative estimate of drug-likeness (QED) is 0.642. The summed E-state index contributed by atoms with van der Waals surface area (Å²) in [7, 11) is 0. The number of likely N-dealkylation sites (tertiary alicyclic amines) is 1. The van der Waals surface area contributed by atoms with E-state index in [1.54, 1.807) is 6.07 Å². The van der Waals surface area contributed by atoms with Gasteiger partial charge in [0.2, 0.25) is 5.91 Å². The monoisotopic (exact) mass is 426 g/mol. The molecule has 2 N–H and O–H groups in total. The lowest BCUT2D eigenvalue weighted by molar-refractivity contribution is -0.123. The van der Waals surface area contributed by atoms with Crippen molar-refractivity contribution in [1.29, 1.82) is 0 Å². The Labute approximate surface area is 182 Å². The van der Waals surface area contributed by atoms with Crippen LogP contribution in [0.2, 0.25) is 0 Å². The summed E-state index contributed by atoms with van der Waals surface area (Å²) in [6.07, 6.45) is 1.66. The summed E-state index contributed by atoms with van der Waals surface area (Å²) in [6, 6.07) is 14.5. The molecule has 7 nitrogen and oxygen atoms in total. The molecule has 2 unspecified atom stereocenters. The van der Waals surface area contributed by atoms with Gasteiger partial charge in [-0.25, -0.2) is 0 Å². The lowest BCUT2D eigenvalue weighted by atomic mass is 10.0. The Kier molecular flexibility index (Phi) is 7.27. The third-order valence-electron chi connectivity index (χ3n) is 5.63. The Hall–Kier alpha value is -2.77. The van der Waals surface area contributed by atoms with Crippen LogP contribution >= 0.6 is 0 Å². The number of ether oxygens (including phenoxy) is 3. The zero-order valence-electron chi connectivity index (χ0n) is 17.7. The zero-order chi connectivity index (χ0) is 21.5. The first-order valence-corrected chi connectivity index (χ1v) is 11.0. The van der Waals surface area contributed by atoms with Gasteiger partial charge in [-0.05, 0) is 55.8 Å². The third-order valence-corrected chi connectivity index (χ3v) is 5.63. The molecular weight excluding hydrogens is 396 g/mol. The average Bonchev–Trinajstić information content (AvgIpc) is 3.32. The van der Waals surface area contributed by atoms with Gasteiger partial charge in [0.25, 0.3) is 0 Å². The molecule has 0 bridgehead atoms. The molecule has 0 spiro atoms. The highest BCUT2D eigenvalue weighted by Gasteiger charge is 2.27. The number of carbonyl (C=O) groups is 1. The number of carbonyl (C=O) groups excluding carboxylic acids is 1. The smallest absolute Gasteiger partial charge is 0.223 e. The van der Waals surface area contributed by atoms with Crippen LogP contribution in [0.1, 0.15) is 30.9 Å². The third kappa shape index (κ3) is 5.89. The first-order chi connectivity index (χ1) is 15.2. The van der Waals surface area contributed by atoms with Crippen molar-refractivity contribution in [3.63, 3.8) is 0 Å². The van der Waals surface area contributed by atoms with Crippen LogP contribution in [0.4, 0.5) is 0 Å². The number of hydrogen-bond acceptors (Lipinski definition) is 6. The number of rotatable bonds is 9. The molecule has 2 aliphatic heterocycles. The van der Waals surface area contributed by atoms with E-state index in [2.05, 4.69) is 10.2 Å². The Balaban J connectivity index is 1.39.